The van der Waals surface area contributed by atoms with Gasteiger partial charge in [-0.2, -0.15) is 4.98 Å². The first-order valence-corrected chi connectivity index (χ1v) is 7.96. The van der Waals surface area contributed by atoms with Crippen molar-refractivity contribution < 1.29 is 9.84 Å². The van der Waals surface area contributed by atoms with Crippen LogP contribution in [-0.4, -0.2) is 78.5 Å². The van der Waals surface area contributed by atoms with Gasteiger partial charge >= 0.3 is 0 Å². The monoisotopic (exact) mass is 307 g/mol. The topological polar surface area (TPSA) is 73.8 Å². The van der Waals surface area contributed by atoms with Crippen molar-refractivity contribution in [1.29, 1.82) is 0 Å². The molecule has 122 valence electrons. The molecule has 0 aliphatic carbocycles. The maximum Gasteiger partial charge on any atom is 0.228 e. The smallest absolute Gasteiger partial charge is 0.228 e. The molecular formula is C15H25N5O2. The predicted molar refractivity (Wildman–Crippen MR) is 84.3 cm³/mol. The molecule has 0 spiro atoms. The Morgan fingerprint density at radius 2 is 2.18 bits per heavy atom. The number of nitrogens with zero attached hydrogens (tertiary/aromatic N) is 4. The van der Waals surface area contributed by atoms with Crippen LogP contribution in [0.5, 0.6) is 5.88 Å². The van der Waals surface area contributed by atoms with Crippen LogP contribution < -0.4 is 15.0 Å². The minimum absolute atomic E-state index is 0.577. The highest BCUT2D eigenvalue weighted by atomic mass is 16.5. The lowest BCUT2D eigenvalue weighted by Crippen LogP contribution is -2.56. The van der Waals surface area contributed by atoms with Crippen LogP contribution in [0.25, 0.3) is 0 Å². The number of methoxy groups -OCH3 is 1. The first kappa shape index (κ1) is 15.5. The fourth-order valence-electron chi connectivity index (χ4n) is 3.21. The minimum Gasteiger partial charge on any atom is -0.481 e. The summed E-state index contributed by atoms with van der Waals surface area (Å²) in [4.78, 5) is 13.2. The van der Waals surface area contributed by atoms with Crippen LogP contribution in [0.3, 0.4) is 0 Å². The van der Waals surface area contributed by atoms with Crippen molar-refractivity contribution in [2.75, 3.05) is 57.8 Å². The fraction of sp³-hybridized carbons (Fsp3) is 0.733. The quantitative estimate of drug-likeness (QED) is 0.792. The molecule has 0 amide bonds. The number of aliphatic hydroxyl groups is 1. The van der Waals surface area contributed by atoms with E-state index in [1.165, 1.54) is 0 Å². The number of piperazine rings is 1. The summed E-state index contributed by atoms with van der Waals surface area (Å²) in [5.74, 6) is 1.31. The Labute approximate surface area is 131 Å². The van der Waals surface area contributed by atoms with Crippen molar-refractivity contribution in [2.45, 2.75) is 18.4 Å². The normalized spacial score (nSPS) is 26.9. The highest BCUT2D eigenvalue weighted by molar-refractivity contribution is 5.32. The summed E-state index contributed by atoms with van der Waals surface area (Å²) in [6.45, 7) is 6.04. The van der Waals surface area contributed by atoms with Gasteiger partial charge in [-0.1, -0.05) is 0 Å². The van der Waals surface area contributed by atoms with Gasteiger partial charge in [0.25, 0.3) is 0 Å². The van der Waals surface area contributed by atoms with E-state index in [0.29, 0.717) is 12.4 Å². The Balaban J connectivity index is 1.53. The Bertz CT molecular complexity index is 485. The van der Waals surface area contributed by atoms with Crippen molar-refractivity contribution in [2.24, 2.45) is 0 Å². The van der Waals surface area contributed by atoms with Crippen LogP contribution >= 0.6 is 0 Å². The second kappa shape index (κ2) is 6.76. The Kier molecular flexibility index (Phi) is 4.75. The number of hydrogen-bond acceptors (Lipinski definition) is 7. The van der Waals surface area contributed by atoms with Crippen LogP contribution in [0.1, 0.15) is 12.8 Å². The molecule has 0 radical (unpaired) electrons. The summed E-state index contributed by atoms with van der Waals surface area (Å²) >= 11 is 0. The van der Waals surface area contributed by atoms with E-state index in [2.05, 4.69) is 25.1 Å². The lowest BCUT2D eigenvalue weighted by Gasteiger charge is -2.41. The van der Waals surface area contributed by atoms with E-state index >= 15 is 0 Å². The highest BCUT2D eigenvalue weighted by Gasteiger charge is 2.32. The highest BCUT2D eigenvalue weighted by Crippen LogP contribution is 2.20. The van der Waals surface area contributed by atoms with Gasteiger partial charge in [0.05, 0.1) is 12.7 Å². The molecule has 1 atom stereocenters. The van der Waals surface area contributed by atoms with Gasteiger partial charge in [-0.05, 0) is 19.4 Å². The minimum atomic E-state index is -0.577. The van der Waals surface area contributed by atoms with Gasteiger partial charge in [-0.25, -0.2) is 4.98 Å². The summed E-state index contributed by atoms with van der Waals surface area (Å²) in [5.41, 5.74) is -0.577. The fourth-order valence-corrected chi connectivity index (χ4v) is 3.21. The van der Waals surface area contributed by atoms with Crippen LogP contribution in [0.4, 0.5) is 5.95 Å². The van der Waals surface area contributed by atoms with Crippen LogP contribution in [0.2, 0.25) is 0 Å². The number of nitrogens with one attached hydrogen (secondary N) is 1. The molecule has 2 fully saturated rings. The molecule has 0 saturated carbocycles. The van der Waals surface area contributed by atoms with Gasteiger partial charge in [0.15, 0.2) is 0 Å². The number of ether oxygens (including phenoxy) is 1. The van der Waals surface area contributed by atoms with Crippen LogP contribution in [-0.2, 0) is 0 Å². The van der Waals surface area contributed by atoms with Crippen molar-refractivity contribution in [3.8, 4) is 5.88 Å². The molecule has 2 aliphatic heterocycles. The van der Waals surface area contributed by atoms with Gasteiger partial charge in [0.2, 0.25) is 11.8 Å². The second-order valence-electron chi connectivity index (χ2n) is 6.17. The third kappa shape index (κ3) is 3.66. The molecule has 1 aromatic rings. The molecule has 22 heavy (non-hydrogen) atoms. The average molecular weight is 307 g/mol. The Hall–Kier alpha value is -1.44. The summed E-state index contributed by atoms with van der Waals surface area (Å²) in [6.07, 6.45) is 3.66. The average Bonchev–Trinajstić information content (AvgIpc) is 2.56. The second-order valence-corrected chi connectivity index (χ2v) is 6.17. The van der Waals surface area contributed by atoms with Gasteiger partial charge in [0.1, 0.15) is 0 Å². The number of piperidine rings is 1. The molecule has 3 rings (SSSR count). The zero-order valence-corrected chi connectivity index (χ0v) is 13.2. The van der Waals surface area contributed by atoms with Crippen molar-refractivity contribution in [3.63, 3.8) is 0 Å². The molecule has 7 nitrogen and oxygen atoms in total. The molecule has 3 heterocycles. The predicted octanol–water partition coefficient (Wildman–Crippen LogP) is -0.278. The lowest BCUT2D eigenvalue weighted by atomic mass is 9.93. The van der Waals surface area contributed by atoms with E-state index in [1.54, 1.807) is 19.4 Å². The van der Waals surface area contributed by atoms with Gasteiger partial charge in [0, 0.05) is 51.5 Å². The van der Waals surface area contributed by atoms with E-state index in [-0.39, 0.29) is 0 Å². The molecule has 2 N–H and O–H groups in total. The SMILES string of the molecule is COc1ccnc(N2CCN(C[C@]3(O)CCCNC3)CC2)n1. The molecule has 0 unspecified atom stereocenters. The van der Waals surface area contributed by atoms with Crippen LogP contribution in [0.15, 0.2) is 12.3 Å². The lowest BCUT2D eigenvalue weighted by molar-refractivity contribution is -0.0164. The largest absolute Gasteiger partial charge is 0.481 e. The van der Waals surface area contributed by atoms with Gasteiger partial charge < -0.3 is 20.1 Å². The third-order valence-electron chi connectivity index (χ3n) is 4.45. The third-order valence-corrected chi connectivity index (χ3v) is 4.45. The molecule has 2 aliphatic rings. The number of rotatable bonds is 4. The molecule has 7 heteroatoms. The van der Waals surface area contributed by atoms with Gasteiger partial charge in [-0.3, -0.25) is 4.90 Å². The van der Waals surface area contributed by atoms with Crippen molar-refractivity contribution in [1.82, 2.24) is 20.2 Å². The molecule has 0 bridgehead atoms. The number of β-amino-alcohol motifs (C(OH)–C–C–N with tert-alkyl or cyclic N) is 1. The van der Waals surface area contributed by atoms with E-state index in [4.69, 9.17) is 4.74 Å². The first-order chi connectivity index (χ1) is 10.7. The molecule has 1 aromatic heterocycles. The summed E-state index contributed by atoms with van der Waals surface area (Å²) in [5, 5.41) is 13.9. The molecular weight excluding hydrogens is 282 g/mol. The van der Waals surface area contributed by atoms with Crippen LogP contribution in [0, 0.1) is 0 Å². The van der Waals surface area contributed by atoms with Crippen molar-refractivity contribution in [3.05, 3.63) is 12.3 Å². The summed E-state index contributed by atoms with van der Waals surface area (Å²) < 4.78 is 5.15. The number of aromatic nitrogens is 2. The summed E-state index contributed by atoms with van der Waals surface area (Å²) in [6, 6.07) is 1.76. The number of anilines is 1. The Morgan fingerprint density at radius 1 is 1.36 bits per heavy atom. The standard InChI is InChI=1S/C15H25N5O2/c1-22-13-3-6-17-14(18-13)20-9-7-19(8-10-20)12-15(21)4-2-5-16-11-15/h3,6,16,21H,2,4-5,7-12H2,1H3/t15-/m0/s1. The molecule has 0 aromatic carbocycles. The van der Waals surface area contributed by atoms with E-state index in [1.807, 2.05) is 0 Å². The summed E-state index contributed by atoms with van der Waals surface area (Å²) in [7, 11) is 1.61. The maximum absolute atomic E-state index is 10.6. The van der Waals surface area contributed by atoms with Crippen molar-refractivity contribution >= 4 is 5.95 Å². The number of hydrogen-bond donors (Lipinski definition) is 2. The van der Waals surface area contributed by atoms with E-state index < -0.39 is 5.60 Å². The van der Waals surface area contributed by atoms with Gasteiger partial charge in [-0.15, -0.1) is 0 Å². The first-order valence-electron chi connectivity index (χ1n) is 7.96. The zero-order valence-electron chi connectivity index (χ0n) is 13.2. The van der Waals surface area contributed by atoms with E-state index in [9.17, 15) is 5.11 Å². The molecule has 2 saturated heterocycles. The Morgan fingerprint density at radius 3 is 2.86 bits per heavy atom. The van der Waals surface area contributed by atoms with E-state index in [0.717, 1.165) is 58.1 Å². The maximum atomic E-state index is 10.6. The zero-order chi connectivity index (χ0) is 15.4.